The van der Waals surface area contributed by atoms with E-state index >= 15 is 0 Å². The Morgan fingerprint density at radius 2 is 1.68 bits per heavy atom. The highest BCUT2D eigenvalue weighted by molar-refractivity contribution is 6.77. The van der Waals surface area contributed by atoms with Gasteiger partial charge in [-0.3, -0.25) is 9.63 Å². The number of carbonyl (C=O) groups is 1. The molecule has 1 N–H and O–H groups in total. The van der Waals surface area contributed by atoms with Gasteiger partial charge in [0, 0.05) is 25.6 Å². The van der Waals surface area contributed by atoms with E-state index in [0.717, 1.165) is 13.0 Å². The molecule has 4 unspecified atom stereocenters. The smallest absolute Gasteiger partial charge is 0.243 e. The van der Waals surface area contributed by atoms with Crippen molar-refractivity contribution in [2.24, 2.45) is 29.1 Å². The number of amides is 1. The lowest BCUT2D eigenvalue weighted by atomic mass is 9.80. The molecule has 6 heteroatoms. The van der Waals surface area contributed by atoms with E-state index in [-0.39, 0.29) is 12.0 Å². The SMILES string of the molecule is CONC(=O)CC1C[C@@H]2C(OC)C1C1C[C@]12CO[Si](C(C)C)(C(C)C)C(C)C. The molecule has 3 rings (SSSR count). The maximum atomic E-state index is 12.1. The molecular formula is C22H41NO4Si. The number of carbonyl (C=O) groups excluding carboxylic acids is 1. The zero-order valence-corrected chi connectivity index (χ0v) is 20.1. The van der Waals surface area contributed by atoms with Crippen LogP contribution in [0.4, 0.5) is 0 Å². The highest BCUT2D eigenvalue weighted by atomic mass is 28.4. The van der Waals surface area contributed by atoms with Crippen LogP contribution in [0.3, 0.4) is 0 Å². The Balaban J connectivity index is 1.72. The first-order chi connectivity index (χ1) is 13.2. The van der Waals surface area contributed by atoms with Gasteiger partial charge in [0.25, 0.3) is 0 Å². The lowest BCUT2D eigenvalue weighted by Gasteiger charge is -2.44. The van der Waals surface area contributed by atoms with Gasteiger partial charge in [0.15, 0.2) is 8.32 Å². The summed E-state index contributed by atoms with van der Waals surface area (Å²) in [6.45, 7) is 15.1. The minimum Gasteiger partial charge on any atom is -0.415 e. The second kappa shape index (κ2) is 8.01. The number of methoxy groups -OCH3 is 1. The van der Waals surface area contributed by atoms with Gasteiger partial charge in [0.05, 0.1) is 13.2 Å². The van der Waals surface area contributed by atoms with Gasteiger partial charge in [-0.25, -0.2) is 5.48 Å². The lowest BCUT2D eigenvalue weighted by molar-refractivity contribution is -0.132. The number of hydrogen-bond acceptors (Lipinski definition) is 4. The van der Waals surface area contributed by atoms with Crippen LogP contribution in [0.5, 0.6) is 0 Å². The van der Waals surface area contributed by atoms with Crippen LogP contribution in [0.1, 0.15) is 60.8 Å². The van der Waals surface area contributed by atoms with Gasteiger partial charge < -0.3 is 9.16 Å². The Morgan fingerprint density at radius 1 is 1.07 bits per heavy atom. The summed E-state index contributed by atoms with van der Waals surface area (Å²) in [6.07, 6.45) is 3.17. The van der Waals surface area contributed by atoms with Crippen molar-refractivity contribution in [2.75, 3.05) is 20.8 Å². The third kappa shape index (κ3) is 3.28. The fraction of sp³-hybridized carbons (Fsp3) is 0.955. The summed E-state index contributed by atoms with van der Waals surface area (Å²) in [6, 6.07) is 0. The monoisotopic (exact) mass is 411 g/mol. The van der Waals surface area contributed by atoms with E-state index in [2.05, 4.69) is 47.0 Å². The van der Waals surface area contributed by atoms with Crippen LogP contribution in [0, 0.1) is 29.1 Å². The van der Waals surface area contributed by atoms with E-state index in [1.807, 2.05) is 7.11 Å². The van der Waals surface area contributed by atoms with Crippen LogP contribution < -0.4 is 5.48 Å². The van der Waals surface area contributed by atoms with Crippen molar-refractivity contribution in [2.45, 2.75) is 83.5 Å². The molecule has 0 spiro atoms. The largest absolute Gasteiger partial charge is 0.415 e. The summed E-state index contributed by atoms with van der Waals surface area (Å²) >= 11 is 0. The quantitative estimate of drug-likeness (QED) is 0.424. The number of rotatable bonds is 10. The second-order valence-corrected chi connectivity index (χ2v) is 15.9. The summed E-state index contributed by atoms with van der Waals surface area (Å²) in [4.78, 5) is 16.9. The van der Waals surface area contributed by atoms with E-state index < -0.39 is 8.32 Å². The maximum Gasteiger partial charge on any atom is 0.243 e. The van der Waals surface area contributed by atoms with E-state index in [4.69, 9.17) is 14.0 Å². The number of hydrogen-bond donors (Lipinski definition) is 1. The molecule has 0 aromatic carbocycles. The molecule has 0 aromatic heterocycles. The summed E-state index contributed by atoms with van der Waals surface area (Å²) < 4.78 is 13.0. The Morgan fingerprint density at radius 3 is 2.18 bits per heavy atom. The molecule has 5 nitrogen and oxygen atoms in total. The first-order valence-electron chi connectivity index (χ1n) is 11.1. The fourth-order valence-electron chi connectivity index (χ4n) is 7.54. The topological polar surface area (TPSA) is 56.8 Å². The van der Waals surface area contributed by atoms with Crippen LogP contribution in [0.25, 0.3) is 0 Å². The third-order valence-corrected chi connectivity index (χ3v) is 14.6. The van der Waals surface area contributed by atoms with Crippen LogP contribution in [-0.2, 0) is 18.8 Å². The van der Waals surface area contributed by atoms with Gasteiger partial charge in [0.2, 0.25) is 5.91 Å². The van der Waals surface area contributed by atoms with Crippen molar-refractivity contribution in [1.29, 1.82) is 0 Å². The van der Waals surface area contributed by atoms with Crippen LogP contribution in [-0.4, -0.2) is 41.2 Å². The molecule has 3 aliphatic rings. The second-order valence-electron chi connectivity index (χ2n) is 10.5. The lowest BCUT2D eigenvalue weighted by Crippen LogP contribution is -2.49. The zero-order chi connectivity index (χ0) is 20.9. The van der Waals surface area contributed by atoms with E-state index in [0.29, 0.717) is 52.1 Å². The van der Waals surface area contributed by atoms with Gasteiger partial charge in [-0.05, 0) is 53.1 Å². The van der Waals surface area contributed by atoms with Crippen molar-refractivity contribution in [1.82, 2.24) is 5.48 Å². The number of nitrogens with one attached hydrogen (secondary N) is 1. The summed E-state index contributed by atoms with van der Waals surface area (Å²) in [5.74, 6) is 2.09. The highest BCUT2D eigenvalue weighted by Gasteiger charge is 2.76. The average Bonchev–Trinajstić information content (AvgIpc) is 3.15. The summed E-state index contributed by atoms with van der Waals surface area (Å²) in [7, 11) is 1.49. The molecule has 162 valence electrons. The van der Waals surface area contributed by atoms with Crippen molar-refractivity contribution >= 4 is 14.2 Å². The molecule has 0 heterocycles. The van der Waals surface area contributed by atoms with E-state index in [9.17, 15) is 4.79 Å². The minimum absolute atomic E-state index is 0.0109. The Bertz CT molecular complexity index is 559. The van der Waals surface area contributed by atoms with Gasteiger partial charge in [0.1, 0.15) is 0 Å². The number of ether oxygens (including phenoxy) is 1. The molecule has 0 radical (unpaired) electrons. The molecule has 2 bridgehead atoms. The van der Waals surface area contributed by atoms with Crippen LogP contribution in [0.15, 0.2) is 0 Å². The third-order valence-electron chi connectivity index (χ3n) is 8.49. The Labute approximate surface area is 172 Å². The molecular weight excluding hydrogens is 370 g/mol. The molecule has 0 saturated heterocycles. The standard InChI is InChI=1S/C22H41NO4Si/c1-13(2)28(14(3)4,15(5)6)27-12-22-11-18(22)20-16(10-19(24)23-26-8)9-17(22)21(20)25-7/h13-18,20-21H,9-12H2,1-8H3,(H,23,24)/t16?,17-,18?,20?,21?,22-/m1/s1. The molecule has 0 aromatic rings. The zero-order valence-electron chi connectivity index (χ0n) is 19.1. The minimum atomic E-state index is -1.85. The predicted octanol–water partition coefficient (Wildman–Crippen LogP) is 4.53. The first kappa shape index (κ1) is 22.3. The average molecular weight is 412 g/mol. The molecule has 0 aliphatic heterocycles. The predicted molar refractivity (Wildman–Crippen MR) is 113 cm³/mol. The van der Waals surface area contributed by atoms with Crippen molar-refractivity contribution in [3.05, 3.63) is 0 Å². The number of hydroxylamine groups is 1. The molecule has 1 amide bonds. The number of fused-ring (bicyclic) bond motifs is 5. The van der Waals surface area contributed by atoms with Crippen LogP contribution >= 0.6 is 0 Å². The van der Waals surface area contributed by atoms with Crippen molar-refractivity contribution in [3.63, 3.8) is 0 Å². The van der Waals surface area contributed by atoms with E-state index in [1.165, 1.54) is 13.5 Å². The van der Waals surface area contributed by atoms with Gasteiger partial charge in [-0.1, -0.05) is 41.5 Å². The highest BCUT2D eigenvalue weighted by Crippen LogP contribution is 2.76. The molecule has 6 atom stereocenters. The van der Waals surface area contributed by atoms with Gasteiger partial charge in [-0.15, -0.1) is 0 Å². The van der Waals surface area contributed by atoms with E-state index in [1.54, 1.807) is 0 Å². The normalized spacial score (nSPS) is 36.5. The molecule has 3 fully saturated rings. The van der Waals surface area contributed by atoms with Crippen molar-refractivity contribution < 1.29 is 18.8 Å². The van der Waals surface area contributed by atoms with Gasteiger partial charge >= 0.3 is 0 Å². The summed E-state index contributed by atoms with van der Waals surface area (Å²) in [5, 5.41) is 0. The molecule has 28 heavy (non-hydrogen) atoms. The Kier molecular flexibility index (Phi) is 6.37. The van der Waals surface area contributed by atoms with Gasteiger partial charge in [-0.2, -0.15) is 0 Å². The first-order valence-corrected chi connectivity index (χ1v) is 13.3. The Hall–Kier alpha value is -0.433. The van der Waals surface area contributed by atoms with Crippen molar-refractivity contribution in [3.8, 4) is 0 Å². The fourth-order valence-corrected chi connectivity index (χ4v) is 13.1. The van der Waals surface area contributed by atoms with Crippen LogP contribution in [0.2, 0.25) is 16.6 Å². The molecule has 3 aliphatic carbocycles. The molecule has 3 saturated carbocycles. The maximum absolute atomic E-state index is 12.1. The summed E-state index contributed by atoms with van der Waals surface area (Å²) in [5.41, 5.74) is 4.63.